The molecule has 18 heteroatoms. The second-order valence-corrected chi connectivity index (χ2v) is 19.2. The number of rotatable bonds is 18. The van der Waals surface area contributed by atoms with Crippen LogP contribution in [0.2, 0.25) is 0 Å². The highest BCUT2D eigenvalue weighted by molar-refractivity contribution is 9.10. The number of carbonyl (C=O) groups excluding carboxylic acids is 2. The molecule has 0 spiro atoms. The third-order valence-corrected chi connectivity index (χ3v) is 12.3. The van der Waals surface area contributed by atoms with Crippen molar-refractivity contribution in [3.05, 3.63) is 52.5 Å². The molecule has 3 N–H and O–H groups in total. The van der Waals surface area contributed by atoms with Crippen LogP contribution in [0.15, 0.2) is 46.0 Å². The van der Waals surface area contributed by atoms with Gasteiger partial charge in [-0.15, -0.1) is 0 Å². The number of anilines is 2. The molecule has 1 aliphatic carbocycles. The van der Waals surface area contributed by atoms with Gasteiger partial charge in [0.2, 0.25) is 5.13 Å². The first-order chi connectivity index (χ1) is 26.2. The molecule has 0 radical (unpaired) electrons. The van der Waals surface area contributed by atoms with E-state index in [1.165, 1.54) is 26.6 Å². The third kappa shape index (κ3) is 13.1. The van der Waals surface area contributed by atoms with Crippen LogP contribution in [0, 0.1) is 23.6 Å². The number of nitrogens with zero attached hydrogens (tertiary/aromatic N) is 3. The van der Waals surface area contributed by atoms with E-state index in [4.69, 9.17) is 18.9 Å². The summed E-state index contributed by atoms with van der Waals surface area (Å²) < 4.78 is 71.5. The smallest absolute Gasteiger partial charge is 0.407 e. The molecule has 2 aromatic carbocycles. The lowest BCUT2D eigenvalue weighted by Crippen LogP contribution is -2.44. The van der Waals surface area contributed by atoms with E-state index < -0.39 is 44.1 Å². The Morgan fingerprint density at radius 1 is 1.04 bits per heavy atom. The Kier molecular flexibility index (Phi) is 15.2. The quantitative estimate of drug-likeness (QED) is 0.113. The minimum atomic E-state index is -4.53. The van der Waals surface area contributed by atoms with Crippen molar-refractivity contribution in [1.82, 2.24) is 20.0 Å². The average molecular weight is 886 g/mol. The number of nitrogens with one attached hydrogen (secondary N) is 3. The Bertz CT molecular complexity index is 1900. The maximum absolute atomic E-state index is 16.1. The van der Waals surface area contributed by atoms with Gasteiger partial charge in [0.05, 0.1) is 26.5 Å². The summed E-state index contributed by atoms with van der Waals surface area (Å²) in [6.07, 6.45) is 3.72. The van der Waals surface area contributed by atoms with Gasteiger partial charge in [0.1, 0.15) is 39.7 Å². The fraction of sp³-hybridized carbons (Fsp3) is 0.579. The van der Waals surface area contributed by atoms with E-state index in [1.54, 1.807) is 39.0 Å². The number of methoxy groups -OCH3 is 2. The number of alkyl carbamates (subject to hydrolysis) is 2. The number of halogens is 2. The summed E-state index contributed by atoms with van der Waals surface area (Å²) in [6.45, 7) is 13.2. The normalized spacial score (nSPS) is 14.9. The van der Waals surface area contributed by atoms with Gasteiger partial charge in [-0.05, 0) is 132 Å². The Hall–Kier alpha value is -3.90. The molecule has 1 fully saturated rings. The molecule has 1 unspecified atom stereocenters. The topological polar surface area (TPSA) is 170 Å². The van der Waals surface area contributed by atoms with Crippen LogP contribution in [-0.4, -0.2) is 74.5 Å². The SMILES string of the molecule is COc1ccc(CN(c2ncns2)S(=O)(=O)c2cc(Br)c(NC[C@H](CC(CCNC(=O)OC(C)(C)C)C3CC3)[C@@H](C)NC(=O)OC(C)(C)C)cc2F)c(OC)c1. The molecule has 1 saturated carbocycles. The summed E-state index contributed by atoms with van der Waals surface area (Å²) >= 11 is 4.33. The molecule has 14 nitrogen and oxygen atoms in total. The number of hydrogen-bond acceptors (Lipinski definition) is 12. The fourth-order valence-electron chi connectivity index (χ4n) is 6.14. The third-order valence-electron chi connectivity index (χ3n) is 9.04. The molecule has 4 rings (SSSR count). The Balaban J connectivity index is 1.57. The van der Waals surface area contributed by atoms with E-state index in [2.05, 4.69) is 41.2 Å². The molecule has 310 valence electrons. The van der Waals surface area contributed by atoms with Gasteiger partial charge < -0.3 is 34.9 Å². The first-order valence-corrected chi connectivity index (χ1v) is 21.4. The maximum atomic E-state index is 16.1. The van der Waals surface area contributed by atoms with Crippen LogP contribution in [-0.2, 0) is 26.0 Å². The molecule has 1 aliphatic rings. The van der Waals surface area contributed by atoms with Crippen LogP contribution in [0.4, 0.5) is 24.8 Å². The summed E-state index contributed by atoms with van der Waals surface area (Å²) in [5, 5.41) is 9.16. The summed E-state index contributed by atoms with van der Waals surface area (Å²) in [5.41, 5.74) is -0.489. The number of ether oxygens (including phenoxy) is 4. The number of amides is 2. The monoisotopic (exact) mass is 884 g/mol. The highest BCUT2D eigenvalue weighted by Crippen LogP contribution is 2.42. The van der Waals surface area contributed by atoms with Crippen molar-refractivity contribution in [2.45, 2.75) is 103 Å². The Morgan fingerprint density at radius 3 is 2.30 bits per heavy atom. The van der Waals surface area contributed by atoms with Gasteiger partial charge in [-0.3, -0.25) is 0 Å². The van der Waals surface area contributed by atoms with Crippen molar-refractivity contribution in [3.63, 3.8) is 0 Å². The van der Waals surface area contributed by atoms with E-state index in [1.807, 2.05) is 27.7 Å². The van der Waals surface area contributed by atoms with E-state index in [-0.39, 0.29) is 29.6 Å². The van der Waals surface area contributed by atoms with Gasteiger partial charge in [0.15, 0.2) is 0 Å². The summed E-state index contributed by atoms with van der Waals surface area (Å²) in [4.78, 5) is 28.7. The van der Waals surface area contributed by atoms with Gasteiger partial charge in [-0.2, -0.15) is 4.37 Å². The molecule has 0 bridgehead atoms. The summed E-state index contributed by atoms with van der Waals surface area (Å²) in [7, 11) is -1.56. The van der Waals surface area contributed by atoms with Crippen LogP contribution in [0.25, 0.3) is 0 Å². The zero-order chi connectivity index (χ0) is 41.4. The van der Waals surface area contributed by atoms with E-state index in [9.17, 15) is 18.0 Å². The summed E-state index contributed by atoms with van der Waals surface area (Å²) in [6, 6.07) is 6.96. The first kappa shape index (κ1) is 44.8. The molecule has 56 heavy (non-hydrogen) atoms. The van der Waals surface area contributed by atoms with Crippen LogP contribution in [0.5, 0.6) is 11.5 Å². The minimum Gasteiger partial charge on any atom is -0.497 e. The highest BCUT2D eigenvalue weighted by atomic mass is 79.9. The van der Waals surface area contributed by atoms with Gasteiger partial charge in [-0.1, -0.05) is 0 Å². The fourth-order valence-corrected chi connectivity index (χ4v) is 8.98. The van der Waals surface area contributed by atoms with Crippen molar-refractivity contribution in [2.24, 2.45) is 17.8 Å². The van der Waals surface area contributed by atoms with Crippen molar-refractivity contribution >= 4 is 60.5 Å². The van der Waals surface area contributed by atoms with Crippen LogP contribution in [0.1, 0.15) is 79.7 Å². The molecule has 3 atom stereocenters. The molecular formula is C38H54BrFN6O8S2. The number of aromatic nitrogens is 2. The lowest BCUT2D eigenvalue weighted by molar-refractivity contribution is 0.0480. The van der Waals surface area contributed by atoms with Crippen molar-refractivity contribution in [2.75, 3.05) is 36.9 Å². The predicted molar refractivity (Wildman–Crippen MR) is 217 cm³/mol. The van der Waals surface area contributed by atoms with Gasteiger partial charge in [-0.25, -0.2) is 31.7 Å². The zero-order valence-corrected chi connectivity index (χ0v) is 36.6. The molecule has 1 aromatic heterocycles. The standard InChI is InChI=1S/C38H54BrFN6O8S2/c1-23(45-36(48)54-38(5,6)7)27(16-25(24-10-11-24)14-15-41-35(47)53-37(2,3)4)20-42-31-19-30(40)33(18-29(31)39)56(49,50)46(34-43-22-44-55-34)21-26-12-13-28(51-8)17-32(26)52-9/h12-13,17-19,22-25,27,42H,10-11,14-16,20-21H2,1-9H3,(H,41,47)(H,45,48)/t23-,25?,27+/m1/s1. The van der Waals surface area contributed by atoms with Gasteiger partial charge in [0, 0.05) is 46.8 Å². The maximum Gasteiger partial charge on any atom is 0.407 e. The molecule has 1 heterocycles. The first-order valence-electron chi connectivity index (χ1n) is 18.4. The second kappa shape index (κ2) is 19.0. The van der Waals surface area contributed by atoms with Crippen LogP contribution in [0.3, 0.4) is 0 Å². The molecule has 2 amide bonds. The highest BCUT2D eigenvalue weighted by Gasteiger charge is 2.36. The molecular weight excluding hydrogens is 831 g/mol. The molecule has 0 aliphatic heterocycles. The number of carbonyl (C=O) groups is 2. The predicted octanol–water partition coefficient (Wildman–Crippen LogP) is 8.12. The van der Waals surface area contributed by atoms with Crippen LogP contribution < -0.4 is 29.7 Å². The average Bonchev–Trinajstić information content (AvgIpc) is 3.80. The number of sulfonamides is 1. The molecule has 0 saturated heterocycles. The van der Waals surface area contributed by atoms with Crippen molar-refractivity contribution < 1.29 is 41.3 Å². The largest absolute Gasteiger partial charge is 0.497 e. The van der Waals surface area contributed by atoms with Gasteiger partial charge in [0.25, 0.3) is 10.0 Å². The minimum absolute atomic E-state index is 0.0430. The lowest BCUT2D eigenvalue weighted by Gasteiger charge is -2.31. The van der Waals surface area contributed by atoms with Crippen molar-refractivity contribution in [1.29, 1.82) is 0 Å². The zero-order valence-electron chi connectivity index (χ0n) is 33.4. The number of benzene rings is 2. The Labute approximate surface area is 341 Å². The van der Waals surface area contributed by atoms with Gasteiger partial charge >= 0.3 is 12.2 Å². The van der Waals surface area contributed by atoms with E-state index >= 15 is 4.39 Å². The lowest BCUT2D eigenvalue weighted by atomic mass is 9.84. The van der Waals surface area contributed by atoms with Crippen LogP contribution >= 0.6 is 27.5 Å². The number of hydrogen-bond donors (Lipinski definition) is 3. The Morgan fingerprint density at radius 2 is 1.71 bits per heavy atom. The van der Waals surface area contributed by atoms with Crippen molar-refractivity contribution in [3.8, 4) is 11.5 Å². The summed E-state index contributed by atoms with van der Waals surface area (Å²) in [5.74, 6) is 0.443. The second-order valence-electron chi connectivity index (χ2n) is 15.8. The van der Waals surface area contributed by atoms with E-state index in [0.29, 0.717) is 59.1 Å². The molecule has 3 aromatic rings. The van der Waals surface area contributed by atoms with E-state index in [0.717, 1.165) is 34.7 Å².